The highest BCUT2D eigenvalue weighted by Gasteiger charge is 2.32. The lowest BCUT2D eigenvalue weighted by Crippen LogP contribution is -2.58. The number of nitrogens with two attached hydrogens (primary N) is 1. The van der Waals surface area contributed by atoms with Crippen LogP contribution in [0.5, 0.6) is 0 Å². The summed E-state index contributed by atoms with van der Waals surface area (Å²) in [6.45, 7) is 8.03. The van der Waals surface area contributed by atoms with Crippen molar-refractivity contribution in [3.05, 3.63) is 53.6 Å². The predicted molar refractivity (Wildman–Crippen MR) is 126 cm³/mol. The second-order valence-corrected chi connectivity index (χ2v) is 8.96. The molecule has 162 valence electrons. The number of carbonyl (C=O) groups excluding carboxylic acids is 1. The minimum atomic E-state index is -0.465. The summed E-state index contributed by atoms with van der Waals surface area (Å²) < 4.78 is 0. The first-order valence-electron chi connectivity index (χ1n) is 10.7. The summed E-state index contributed by atoms with van der Waals surface area (Å²) in [4.78, 5) is 16.9. The number of fused-ring (bicyclic) bond motifs is 1. The Hall–Kier alpha value is -2.70. The fourth-order valence-corrected chi connectivity index (χ4v) is 4.22. The lowest BCUT2D eigenvalue weighted by molar-refractivity contribution is -0.136. The maximum atomic E-state index is 12.8. The fraction of sp³-hybridized carbons (Fsp3) is 0.375. The van der Waals surface area contributed by atoms with Gasteiger partial charge in [-0.3, -0.25) is 4.79 Å². The summed E-state index contributed by atoms with van der Waals surface area (Å²) in [5, 5.41) is 12.0. The number of benzene rings is 2. The monoisotopic (exact) mass is 437 g/mol. The highest BCUT2D eigenvalue weighted by Crippen LogP contribution is 2.32. The second-order valence-electron chi connectivity index (χ2n) is 8.52. The number of rotatable bonds is 4. The maximum absolute atomic E-state index is 12.8. The predicted octanol–water partition coefficient (Wildman–Crippen LogP) is 3.97. The van der Waals surface area contributed by atoms with Crippen molar-refractivity contribution in [3.63, 3.8) is 0 Å². The van der Waals surface area contributed by atoms with Gasteiger partial charge in [-0.15, -0.1) is 10.2 Å². The molecule has 1 aliphatic rings. The molecule has 2 N–H and O–H groups in total. The van der Waals surface area contributed by atoms with Crippen molar-refractivity contribution >= 4 is 34.1 Å². The molecule has 0 spiro atoms. The molecule has 0 aliphatic carbocycles. The topological polar surface area (TPSA) is 75.4 Å². The SMILES string of the molecule is CC(C)C(N)C(=O)N1CCN(c2nnc(-c3ccc(Cl)cc3)c3ccccc23)CC1C. The van der Waals surface area contributed by atoms with E-state index in [1.807, 2.05) is 55.1 Å². The van der Waals surface area contributed by atoms with Gasteiger partial charge in [0.2, 0.25) is 5.91 Å². The molecule has 1 fully saturated rings. The molecule has 0 saturated carbocycles. The molecule has 7 heteroatoms. The van der Waals surface area contributed by atoms with Gasteiger partial charge in [0, 0.05) is 47.0 Å². The third-order valence-corrected chi connectivity index (χ3v) is 6.25. The molecule has 31 heavy (non-hydrogen) atoms. The Bertz CT molecular complexity index is 1090. The van der Waals surface area contributed by atoms with Crippen LogP contribution in [0.4, 0.5) is 5.82 Å². The van der Waals surface area contributed by atoms with Crippen molar-refractivity contribution in [2.45, 2.75) is 32.9 Å². The largest absolute Gasteiger partial charge is 0.351 e. The summed E-state index contributed by atoms with van der Waals surface area (Å²) in [6.07, 6.45) is 0. The highest BCUT2D eigenvalue weighted by atomic mass is 35.5. The Morgan fingerprint density at radius 1 is 1.06 bits per heavy atom. The number of hydrogen-bond donors (Lipinski definition) is 1. The zero-order valence-corrected chi connectivity index (χ0v) is 18.9. The van der Waals surface area contributed by atoms with E-state index in [2.05, 4.69) is 34.2 Å². The number of halogens is 1. The van der Waals surface area contributed by atoms with E-state index < -0.39 is 6.04 Å². The summed E-state index contributed by atoms with van der Waals surface area (Å²) >= 11 is 6.05. The molecule has 2 atom stereocenters. The molecule has 3 aromatic rings. The van der Waals surface area contributed by atoms with E-state index in [-0.39, 0.29) is 17.9 Å². The Balaban J connectivity index is 1.63. The van der Waals surface area contributed by atoms with Gasteiger partial charge >= 0.3 is 0 Å². The van der Waals surface area contributed by atoms with E-state index in [1.54, 1.807) is 0 Å². The van der Waals surface area contributed by atoms with E-state index in [0.29, 0.717) is 24.7 Å². The van der Waals surface area contributed by atoms with Crippen LogP contribution in [-0.2, 0) is 4.79 Å². The van der Waals surface area contributed by atoms with Crippen LogP contribution < -0.4 is 10.6 Å². The van der Waals surface area contributed by atoms with Crippen LogP contribution in [0.25, 0.3) is 22.0 Å². The number of amides is 1. The Kier molecular flexibility index (Phi) is 6.12. The highest BCUT2D eigenvalue weighted by molar-refractivity contribution is 6.30. The van der Waals surface area contributed by atoms with Gasteiger partial charge in [-0.25, -0.2) is 0 Å². The van der Waals surface area contributed by atoms with Gasteiger partial charge in [-0.05, 0) is 25.0 Å². The Labute approximate surface area is 188 Å². The zero-order chi connectivity index (χ0) is 22.1. The zero-order valence-electron chi connectivity index (χ0n) is 18.1. The van der Waals surface area contributed by atoms with Gasteiger partial charge in [0.15, 0.2) is 5.82 Å². The van der Waals surface area contributed by atoms with Gasteiger partial charge < -0.3 is 15.5 Å². The number of nitrogens with zero attached hydrogens (tertiary/aromatic N) is 4. The Morgan fingerprint density at radius 3 is 2.39 bits per heavy atom. The maximum Gasteiger partial charge on any atom is 0.240 e. The first-order chi connectivity index (χ1) is 14.9. The van der Waals surface area contributed by atoms with Crippen LogP contribution >= 0.6 is 11.6 Å². The van der Waals surface area contributed by atoms with Crippen LogP contribution in [-0.4, -0.2) is 52.7 Å². The lowest BCUT2D eigenvalue weighted by atomic mass is 10.0. The molecule has 6 nitrogen and oxygen atoms in total. The summed E-state index contributed by atoms with van der Waals surface area (Å²) in [7, 11) is 0. The molecule has 2 aromatic carbocycles. The van der Waals surface area contributed by atoms with Gasteiger partial charge in [-0.2, -0.15) is 0 Å². The summed E-state index contributed by atoms with van der Waals surface area (Å²) in [6, 6.07) is 15.4. The molecule has 2 unspecified atom stereocenters. The van der Waals surface area contributed by atoms with Crippen LogP contribution in [0.15, 0.2) is 48.5 Å². The molecule has 0 bridgehead atoms. The van der Waals surface area contributed by atoms with Crippen molar-refractivity contribution in [1.29, 1.82) is 0 Å². The van der Waals surface area contributed by atoms with Crippen LogP contribution in [0.1, 0.15) is 20.8 Å². The van der Waals surface area contributed by atoms with Crippen molar-refractivity contribution in [3.8, 4) is 11.3 Å². The van der Waals surface area contributed by atoms with Crippen molar-refractivity contribution in [2.75, 3.05) is 24.5 Å². The van der Waals surface area contributed by atoms with E-state index in [9.17, 15) is 4.79 Å². The fourth-order valence-electron chi connectivity index (χ4n) is 4.10. The van der Waals surface area contributed by atoms with Crippen molar-refractivity contribution in [1.82, 2.24) is 15.1 Å². The number of aromatic nitrogens is 2. The molecule has 0 radical (unpaired) electrons. The Morgan fingerprint density at radius 2 is 1.74 bits per heavy atom. The third kappa shape index (κ3) is 4.23. The van der Waals surface area contributed by atoms with Crippen LogP contribution in [0.3, 0.4) is 0 Å². The molecule has 1 amide bonds. The second kappa shape index (κ2) is 8.81. The average Bonchev–Trinajstić information content (AvgIpc) is 2.78. The number of piperazine rings is 1. The molecular formula is C24H28ClN5O. The number of hydrogen-bond acceptors (Lipinski definition) is 5. The van der Waals surface area contributed by atoms with Crippen LogP contribution in [0, 0.1) is 5.92 Å². The van der Waals surface area contributed by atoms with Crippen molar-refractivity contribution < 1.29 is 4.79 Å². The van der Waals surface area contributed by atoms with Gasteiger partial charge in [0.1, 0.15) is 5.69 Å². The van der Waals surface area contributed by atoms with E-state index >= 15 is 0 Å². The smallest absolute Gasteiger partial charge is 0.240 e. The van der Waals surface area contributed by atoms with Gasteiger partial charge in [0.05, 0.1) is 6.04 Å². The summed E-state index contributed by atoms with van der Waals surface area (Å²) in [5.74, 6) is 0.990. The number of carbonyl (C=O) groups is 1. The minimum Gasteiger partial charge on any atom is -0.351 e. The third-order valence-electron chi connectivity index (χ3n) is 6.00. The average molecular weight is 438 g/mol. The van der Waals surface area contributed by atoms with E-state index in [0.717, 1.165) is 27.8 Å². The van der Waals surface area contributed by atoms with Gasteiger partial charge in [0.25, 0.3) is 0 Å². The quantitative estimate of drug-likeness (QED) is 0.668. The molecule has 2 heterocycles. The van der Waals surface area contributed by atoms with Gasteiger partial charge in [-0.1, -0.05) is 61.8 Å². The normalized spacial score (nSPS) is 17.9. The first-order valence-corrected chi connectivity index (χ1v) is 11.1. The first kappa shape index (κ1) is 21.5. The molecule has 4 rings (SSSR count). The molecule has 1 saturated heterocycles. The lowest BCUT2D eigenvalue weighted by Gasteiger charge is -2.41. The van der Waals surface area contributed by atoms with E-state index in [4.69, 9.17) is 17.3 Å². The number of anilines is 1. The minimum absolute atomic E-state index is 0.0242. The molecular weight excluding hydrogens is 410 g/mol. The standard InChI is InChI=1S/C24H28ClN5O/c1-15(2)21(26)24(31)30-13-12-29(14-16(30)3)23-20-7-5-4-6-19(20)22(27-28-23)17-8-10-18(25)11-9-17/h4-11,15-16,21H,12-14,26H2,1-3H3. The van der Waals surface area contributed by atoms with E-state index in [1.165, 1.54) is 0 Å². The molecule has 1 aliphatic heterocycles. The summed E-state index contributed by atoms with van der Waals surface area (Å²) in [5.41, 5.74) is 7.93. The molecule has 1 aromatic heterocycles. The van der Waals surface area contributed by atoms with Crippen molar-refractivity contribution in [2.24, 2.45) is 11.7 Å². The van der Waals surface area contributed by atoms with Crippen LogP contribution in [0.2, 0.25) is 5.02 Å².